The van der Waals surface area contributed by atoms with Crippen LogP contribution in [0.5, 0.6) is 0 Å². The van der Waals surface area contributed by atoms with Gasteiger partial charge in [0.05, 0.1) is 0 Å². The Morgan fingerprint density at radius 3 is 2.56 bits per heavy atom. The zero-order chi connectivity index (χ0) is 6.85. The summed E-state index contributed by atoms with van der Waals surface area (Å²) in [5.74, 6) is -0.400. The van der Waals surface area contributed by atoms with E-state index in [9.17, 15) is 14.0 Å². The third-order valence-electron chi connectivity index (χ3n) is 1.29. The highest BCUT2D eigenvalue weighted by Gasteiger charge is 2.25. The zero-order valence-corrected chi connectivity index (χ0v) is 4.76. The Hall–Kier alpha value is -0.930. The lowest BCUT2D eigenvalue weighted by Crippen LogP contribution is -2.27. The van der Waals surface area contributed by atoms with Crippen molar-refractivity contribution in [1.82, 2.24) is 4.90 Å². The number of carbonyl (C=O) groups is 2. The Balaban J connectivity index is 2.60. The topological polar surface area (TPSA) is 37.4 Å². The lowest BCUT2D eigenvalue weighted by atomic mass is 10.4. The molecule has 0 aromatic heterocycles. The van der Waals surface area contributed by atoms with Gasteiger partial charge in [-0.3, -0.25) is 9.69 Å². The van der Waals surface area contributed by atoms with Gasteiger partial charge in [-0.1, -0.05) is 0 Å². The van der Waals surface area contributed by atoms with Crippen LogP contribution >= 0.6 is 0 Å². The monoisotopic (exact) mass is 131 g/mol. The van der Waals surface area contributed by atoms with Gasteiger partial charge in [-0.25, -0.2) is 4.79 Å². The van der Waals surface area contributed by atoms with Crippen LogP contribution in [0.2, 0.25) is 0 Å². The highest BCUT2D eigenvalue weighted by molar-refractivity contribution is 5.92. The number of imide groups is 1. The van der Waals surface area contributed by atoms with Gasteiger partial charge < -0.3 is 0 Å². The van der Waals surface area contributed by atoms with Crippen molar-refractivity contribution in [2.45, 2.75) is 12.8 Å². The van der Waals surface area contributed by atoms with E-state index in [0.29, 0.717) is 17.7 Å². The minimum atomic E-state index is -1.63. The molecule has 0 aliphatic carbocycles. The molecule has 0 bridgehead atoms. The maximum absolute atomic E-state index is 11.7. The van der Waals surface area contributed by atoms with Crippen molar-refractivity contribution in [3.8, 4) is 0 Å². The summed E-state index contributed by atoms with van der Waals surface area (Å²) in [6.45, 7) is 0.244. The Morgan fingerprint density at radius 2 is 2.33 bits per heavy atom. The highest BCUT2D eigenvalue weighted by atomic mass is 19.1. The van der Waals surface area contributed by atoms with Crippen molar-refractivity contribution in [3.05, 3.63) is 0 Å². The molecule has 1 aliphatic heterocycles. The maximum atomic E-state index is 11.7. The van der Waals surface area contributed by atoms with Gasteiger partial charge >= 0.3 is 6.16 Å². The van der Waals surface area contributed by atoms with Crippen LogP contribution in [0.15, 0.2) is 0 Å². The first-order valence-electron chi connectivity index (χ1n) is 2.71. The van der Waals surface area contributed by atoms with E-state index in [1.165, 1.54) is 0 Å². The van der Waals surface area contributed by atoms with Gasteiger partial charge in [-0.2, -0.15) is 0 Å². The van der Waals surface area contributed by atoms with E-state index in [-0.39, 0.29) is 6.54 Å². The molecule has 0 N–H and O–H groups in total. The van der Waals surface area contributed by atoms with Gasteiger partial charge in [-0.15, -0.1) is 4.39 Å². The van der Waals surface area contributed by atoms with Gasteiger partial charge in [0.2, 0.25) is 5.91 Å². The maximum Gasteiger partial charge on any atom is 0.406 e. The van der Waals surface area contributed by atoms with Crippen molar-refractivity contribution in [2.75, 3.05) is 6.54 Å². The molecule has 0 radical (unpaired) electrons. The Bertz CT molecular complexity index is 157. The lowest BCUT2D eigenvalue weighted by molar-refractivity contribution is -0.125. The minimum Gasteiger partial charge on any atom is -0.274 e. The third kappa shape index (κ3) is 1.06. The SMILES string of the molecule is O=C(F)N1CCCC1=O. The molecule has 1 heterocycles. The zero-order valence-electron chi connectivity index (χ0n) is 4.76. The predicted molar refractivity (Wildman–Crippen MR) is 27.5 cm³/mol. The second-order valence-corrected chi connectivity index (χ2v) is 1.90. The number of hydrogen-bond acceptors (Lipinski definition) is 2. The quantitative estimate of drug-likeness (QED) is 0.358. The van der Waals surface area contributed by atoms with Gasteiger partial charge in [-0.05, 0) is 6.42 Å². The van der Waals surface area contributed by atoms with Crippen LogP contribution in [-0.4, -0.2) is 23.5 Å². The second-order valence-electron chi connectivity index (χ2n) is 1.90. The molecule has 1 rings (SSSR count). The number of carbonyl (C=O) groups excluding carboxylic acids is 2. The van der Waals surface area contributed by atoms with Gasteiger partial charge in [0.1, 0.15) is 0 Å². The number of amides is 2. The normalized spacial score (nSPS) is 18.8. The molecule has 0 unspecified atom stereocenters. The van der Waals surface area contributed by atoms with Crippen molar-refractivity contribution >= 4 is 12.1 Å². The molecule has 4 heteroatoms. The first kappa shape index (κ1) is 6.19. The molecule has 0 spiro atoms. The van der Waals surface area contributed by atoms with Crippen LogP contribution in [0.1, 0.15) is 12.8 Å². The lowest BCUT2D eigenvalue weighted by Gasteiger charge is -2.04. The van der Waals surface area contributed by atoms with Crippen LogP contribution in [0.4, 0.5) is 9.18 Å². The molecule has 0 atom stereocenters. The van der Waals surface area contributed by atoms with E-state index in [4.69, 9.17) is 0 Å². The first-order chi connectivity index (χ1) is 4.22. The van der Waals surface area contributed by atoms with Crippen LogP contribution < -0.4 is 0 Å². The number of rotatable bonds is 0. The number of likely N-dealkylation sites (tertiary alicyclic amines) is 1. The van der Waals surface area contributed by atoms with Crippen LogP contribution in [0.25, 0.3) is 0 Å². The fraction of sp³-hybridized carbons (Fsp3) is 0.600. The van der Waals surface area contributed by atoms with Gasteiger partial charge in [0.15, 0.2) is 0 Å². The molecular weight excluding hydrogens is 125 g/mol. The number of hydrogen-bond donors (Lipinski definition) is 0. The Labute approximate surface area is 51.4 Å². The van der Waals surface area contributed by atoms with Gasteiger partial charge in [0, 0.05) is 13.0 Å². The standard InChI is InChI=1S/C5H6FNO2/c6-5(9)7-3-1-2-4(7)8/h1-3H2. The van der Waals surface area contributed by atoms with Crippen LogP contribution in [-0.2, 0) is 4.79 Å². The van der Waals surface area contributed by atoms with E-state index in [2.05, 4.69) is 0 Å². The summed E-state index contributed by atoms with van der Waals surface area (Å²) in [5, 5.41) is 0. The third-order valence-corrected chi connectivity index (χ3v) is 1.29. The predicted octanol–water partition coefficient (Wildman–Crippen LogP) is 0.698. The number of nitrogens with zero attached hydrogens (tertiary/aromatic N) is 1. The summed E-state index contributed by atoms with van der Waals surface area (Å²) >= 11 is 0. The molecule has 50 valence electrons. The van der Waals surface area contributed by atoms with Crippen LogP contribution in [0, 0.1) is 0 Å². The largest absolute Gasteiger partial charge is 0.406 e. The fourth-order valence-electron chi connectivity index (χ4n) is 0.834. The molecule has 0 aromatic rings. The average molecular weight is 131 g/mol. The Morgan fingerprint density at radius 1 is 1.67 bits per heavy atom. The highest BCUT2D eigenvalue weighted by Crippen LogP contribution is 2.10. The molecule has 9 heavy (non-hydrogen) atoms. The smallest absolute Gasteiger partial charge is 0.274 e. The van der Waals surface area contributed by atoms with Gasteiger partial charge in [0.25, 0.3) is 0 Å². The summed E-state index contributed by atoms with van der Waals surface area (Å²) in [5.41, 5.74) is 0. The second kappa shape index (κ2) is 2.13. The molecule has 1 aliphatic rings. The molecule has 0 saturated carbocycles. The average Bonchev–Trinajstić information content (AvgIpc) is 2.13. The number of halogens is 1. The molecule has 0 aromatic carbocycles. The fourth-order valence-corrected chi connectivity index (χ4v) is 0.834. The van der Waals surface area contributed by atoms with Crippen molar-refractivity contribution in [2.24, 2.45) is 0 Å². The van der Waals surface area contributed by atoms with Crippen molar-refractivity contribution in [3.63, 3.8) is 0 Å². The molecule has 1 saturated heterocycles. The van der Waals surface area contributed by atoms with E-state index < -0.39 is 12.1 Å². The summed E-state index contributed by atoms with van der Waals surface area (Å²) in [7, 11) is 0. The minimum absolute atomic E-state index is 0.244. The molecule has 3 nitrogen and oxygen atoms in total. The molecular formula is C5H6FNO2. The summed E-state index contributed by atoms with van der Waals surface area (Å²) in [6.07, 6.45) is -0.734. The summed E-state index contributed by atoms with van der Waals surface area (Å²) < 4.78 is 11.7. The van der Waals surface area contributed by atoms with E-state index in [0.717, 1.165) is 0 Å². The van der Waals surface area contributed by atoms with E-state index in [1.54, 1.807) is 0 Å². The van der Waals surface area contributed by atoms with Crippen molar-refractivity contribution < 1.29 is 14.0 Å². The van der Waals surface area contributed by atoms with E-state index in [1.807, 2.05) is 0 Å². The summed E-state index contributed by atoms with van der Waals surface area (Å²) in [6, 6.07) is 0. The Kier molecular flexibility index (Phi) is 1.46. The first-order valence-corrected chi connectivity index (χ1v) is 2.71. The molecule has 1 fully saturated rings. The van der Waals surface area contributed by atoms with Crippen molar-refractivity contribution in [1.29, 1.82) is 0 Å². The van der Waals surface area contributed by atoms with Crippen LogP contribution in [0.3, 0.4) is 0 Å². The summed E-state index contributed by atoms with van der Waals surface area (Å²) in [4.78, 5) is 21.0. The molecule has 2 amide bonds. The van der Waals surface area contributed by atoms with E-state index >= 15 is 0 Å².